The van der Waals surface area contributed by atoms with Crippen molar-refractivity contribution in [3.05, 3.63) is 78.9 Å². The molecule has 0 aliphatic rings. The van der Waals surface area contributed by atoms with Crippen molar-refractivity contribution in [1.29, 1.82) is 0 Å². The number of para-hydroxylation sites is 1. The van der Waals surface area contributed by atoms with Crippen LogP contribution in [0.2, 0.25) is 0 Å². The maximum Gasteiger partial charge on any atom is 0.145 e. The second-order valence-electron chi connectivity index (χ2n) is 6.58. The molecule has 0 N–H and O–H groups in total. The molecule has 0 saturated heterocycles. The lowest BCUT2D eigenvalue weighted by Gasteiger charge is -2.11. The highest BCUT2D eigenvalue weighted by atomic mass is 16.5. The molecule has 0 atom stereocenters. The van der Waals surface area contributed by atoms with Crippen molar-refractivity contribution < 1.29 is 9.47 Å². The Balaban J connectivity index is 1.73. The third-order valence-corrected chi connectivity index (χ3v) is 4.52. The minimum atomic E-state index is 0.538. The van der Waals surface area contributed by atoms with Gasteiger partial charge in [-0.1, -0.05) is 55.5 Å². The van der Waals surface area contributed by atoms with E-state index in [2.05, 4.69) is 41.8 Å². The topological polar surface area (TPSA) is 36.3 Å². The van der Waals surface area contributed by atoms with E-state index in [1.165, 1.54) is 0 Å². The van der Waals surface area contributed by atoms with Gasteiger partial charge < -0.3 is 9.47 Å². The molecule has 0 unspecified atom stereocenters. The fourth-order valence-electron chi connectivity index (χ4n) is 3.23. The summed E-state index contributed by atoms with van der Waals surface area (Å²) in [6.07, 6.45) is 1.02. The number of nitrogens with zero attached hydrogens (tertiary/aromatic N) is 2. The van der Waals surface area contributed by atoms with Gasteiger partial charge in [0, 0.05) is 23.9 Å². The van der Waals surface area contributed by atoms with Crippen LogP contribution in [-0.4, -0.2) is 29.4 Å². The Labute approximate surface area is 165 Å². The number of imidazole rings is 1. The number of benzene rings is 3. The standard InChI is InChI=1S/C24H24N2O2/c1-2-15-27-16-17-28-21-13-14-22-23(18-21)26(20-11-7-4-8-12-20)24(25-22)19-9-5-3-6-10-19/h3-14,18H,2,15-17H2,1H3. The Morgan fingerprint density at radius 3 is 2.32 bits per heavy atom. The average molecular weight is 372 g/mol. The van der Waals surface area contributed by atoms with Gasteiger partial charge in [0.25, 0.3) is 0 Å². The molecule has 4 rings (SSSR count). The van der Waals surface area contributed by atoms with Crippen LogP contribution in [0.4, 0.5) is 0 Å². The van der Waals surface area contributed by atoms with Crippen molar-refractivity contribution in [2.45, 2.75) is 13.3 Å². The van der Waals surface area contributed by atoms with Crippen LogP contribution in [0.15, 0.2) is 78.9 Å². The zero-order valence-electron chi connectivity index (χ0n) is 16.0. The van der Waals surface area contributed by atoms with E-state index in [1.54, 1.807) is 0 Å². The molecule has 0 bridgehead atoms. The summed E-state index contributed by atoms with van der Waals surface area (Å²) < 4.78 is 13.6. The van der Waals surface area contributed by atoms with E-state index in [0.29, 0.717) is 13.2 Å². The molecule has 0 aliphatic heterocycles. The summed E-state index contributed by atoms with van der Waals surface area (Å²) in [6, 6.07) is 26.6. The number of hydrogen-bond acceptors (Lipinski definition) is 3. The molecule has 1 aromatic heterocycles. The van der Waals surface area contributed by atoms with E-state index >= 15 is 0 Å². The van der Waals surface area contributed by atoms with Gasteiger partial charge in [-0.25, -0.2) is 4.98 Å². The highest BCUT2D eigenvalue weighted by Crippen LogP contribution is 2.30. The number of aromatic nitrogens is 2. The van der Waals surface area contributed by atoms with Crippen molar-refractivity contribution >= 4 is 11.0 Å². The summed E-state index contributed by atoms with van der Waals surface area (Å²) in [5.74, 6) is 1.74. The van der Waals surface area contributed by atoms with Crippen LogP contribution in [0.3, 0.4) is 0 Å². The summed E-state index contributed by atoms with van der Waals surface area (Å²) in [7, 11) is 0. The second-order valence-corrected chi connectivity index (χ2v) is 6.58. The van der Waals surface area contributed by atoms with Gasteiger partial charge in [0.05, 0.1) is 17.6 Å². The van der Waals surface area contributed by atoms with Crippen LogP contribution in [0.1, 0.15) is 13.3 Å². The summed E-state index contributed by atoms with van der Waals surface area (Å²) >= 11 is 0. The Morgan fingerprint density at radius 1 is 0.821 bits per heavy atom. The molecule has 4 heteroatoms. The Hall–Kier alpha value is -3.11. The lowest BCUT2D eigenvalue weighted by Crippen LogP contribution is -2.07. The first-order chi connectivity index (χ1) is 13.9. The highest BCUT2D eigenvalue weighted by Gasteiger charge is 2.14. The van der Waals surface area contributed by atoms with Gasteiger partial charge in [0.1, 0.15) is 18.2 Å². The van der Waals surface area contributed by atoms with Gasteiger partial charge in [0.2, 0.25) is 0 Å². The van der Waals surface area contributed by atoms with Gasteiger partial charge in [-0.2, -0.15) is 0 Å². The molecule has 4 nitrogen and oxygen atoms in total. The third kappa shape index (κ3) is 3.92. The van der Waals surface area contributed by atoms with Crippen LogP contribution >= 0.6 is 0 Å². The number of fused-ring (bicyclic) bond motifs is 1. The summed E-state index contributed by atoms with van der Waals surface area (Å²) in [5.41, 5.74) is 4.12. The van der Waals surface area contributed by atoms with E-state index in [-0.39, 0.29) is 0 Å². The molecule has 28 heavy (non-hydrogen) atoms. The molecule has 0 spiro atoms. The monoisotopic (exact) mass is 372 g/mol. The fraction of sp³-hybridized carbons (Fsp3) is 0.208. The van der Waals surface area contributed by atoms with Crippen molar-refractivity contribution in [2.75, 3.05) is 19.8 Å². The molecule has 1 heterocycles. The lowest BCUT2D eigenvalue weighted by molar-refractivity contribution is 0.101. The van der Waals surface area contributed by atoms with Gasteiger partial charge in [-0.15, -0.1) is 0 Å². The molecule has 0 fully saturated rings. The van der Waals surface area contributed by atoms with Crippen LogP contribution in [-0.2, 0) is 4.74 Å². The second kappa shape index (κ2) is 8.72. The minimum absolute atomic E-state index is 0.538. The average Bonchev–Trinajstić information content (AvgIpc) is 3.14. The van der Waals surface area contributed by atoms with E-state index in [0.717, 1.165) is 46.9 Å². The fourth-order valence-corrected chi connectivity index (χ4v) is 3.23. The predicted octanol–water partition coefficient (Wildman–Crippen LogP) is 5.50. The van der Waals surface area contributed by atoms with Gasteiger partial charge >= 0.3 is 0 Å². The smallest absolute Gasteiger partial charge is 0.145 e. The zero-order valence-corrected chi connectivity index (χ0v) is 16.0. The highest BCUT2D eigenvalue weighted by molar-refractivity contribution is 5.84. The van der Waals surface area contributed by atoms with Gasteiger partial charge in [-0.3, -0.25) is 4.57 Å². The van der Waals surface area contributed by atoms with Crippen LogP contribution in [0.5, 0.6) is 5.75 Å². The third-order valence-electron chi connectivity index (χ3n) is 4.52. The van der Waals surface area contributed by atoms with Crippen molar-refractivity contribution in [3.63, 3.8) is 0 Å². The first-order valence-corrected chi connectivity index (χ1v) is 9.70. The molecule has 0 saturated carbocycles. The van der Waals surface area contributed by atoms with Crippen LogP contribution in [0.25, 0.3) is 28.1 Å². The number of rotatable bonds is 8. The van der Waals surface area contributed by atoms with Crippen molar-refractivity contribution in [1.82, 2.24) is 9.55 Å². The molecule has 0 aliphatic carbocycles. The normalized spacial score (nSPS) is 11.0. The first-order valence-electron chi connectivity index (χ1n) is 9.70. The Morgan fingerprint density at radius 2 is 1.57 bits per heavy atom. The SMILES string of the molecule is CCCOCCOc1ccc2nc(-c3ccccc3)n(-c3ccccc3)c2c1. The largest absolute Gasteiger partial charge is 0.491 e. The molecule has 0 amide bonds. The maximum atomic E-state index is 5.90. The van der Waals surface area contributed by atoms with E-state index in [4.69, 9.17) is 14.5 Å². The summed E-state index contributed by atoms with van der Waals surface area (Å²) in [6.45, 7) is 4.00. The molecular weight excluding hydrogens is 348 g/mol. The summed E-state index contributed by atoms with van der Waals surface area (Å²) in [5, 5.41) is 0. The van der Waals surface area contributed by atoms with E-state index < -0.39 is 0 Å². The first kappa shape index (κ1) is 18.3. The summed E-state index contributed by atoms with van der Waals surface area (Å²) in [4.78, 5) is 4.90. The lowest BCUT2D eigenvalue weighted by atomic mass is 10.2. The molecule has 142 valence electrons. The number of ether oxygens (including phenoxy) is 2. The molecule has 3 aromatic carbocycles. The molecule has 0 radical (unpaired) electrons. The predicted molar refractivity (Wildman–Crippen MR) is 113 cm³/mol. The molecular formula is C24H24N2O2. The van der Waals surface area contributed by atoms with Crippen molar-refractivity contribution in [2.24, 2.45) is 0 Å². The van der Waals surface area contributed by atoms with Gasteiger partial charge in [0.15, 0.2) is 0 Å². The van der Waals surface area contributed by atoms with Crippen LogP contribution in [0, 0.1) is 0 Å². The minimum Gasteiger partial charge on any atom is -0.491 e. The van der Waals surface area contributed by atoms with Crippen LogP contribution < -0.4 is 4.74 Å². The maximum absolute atomic E-state index is 5.90. The van der Waals surface area contributed by atoms with E-state index in [1.807, 2.05) is 48.5 Å². The zero-order chi connectivity index (χ0) is 19.2. The van der Waals surface area contributed by atoms with Crippen molar-refractivity contribution in [3.8, 4) is 22.8 Å². The Bertz CT molecular complexity index is 1030. The number of hydrogen-bond donors (Lipinski definition) is 0. The Kier molecular flexibility index (Phi) is 5.69. The quantitative estimate of drug-likeness (QED) is 0.383. The van der Waals surface area contributed by atoms with Gasteiger partial charge in [-0.05, 0) is 30.7 Å². The van der Waals surface area contributed by atoms with E-state index in [9.17, 15) is 0 Å². The molecule has 4 aromatic rings.